The van der Waals surface area contributed by atoms with E-state index in [2.05, 4.69) is 24.3 Å². The van der Waals surface area contributed by atoms with Crippen LogP contribution in [0.3, 0.4) is 0 Å². The summed E-state index contributed by atoms with van der Waals surface area (Å²) in [6, 6.07) is 23.6. The summed E-state index contributed by atoms with van der Waals surface area (Å²) in [7, 11) is 0. The molecule has 0 unspecified atom stereocenters. The Kier molecular flexibility index (Phi) is 7.72. The van der Waals surface area contributed by atoms with Gasteiger partial charge >= 0.3 is 0 Å². The Balaban J connectivity index is 1.43. The maximum Gasteiger partial charge on any atom is 0.258 e. The highest BCUT2D eigenvalue weighted by atomic mass is 35.5. The van der Waals surface area contributed by atoms with E-state index in [0.29, 0.717) is 23.1 Å². The second-order valence-corrected chi connectivity index (χ2v) is 9.58. The Labute approximate surface area is 202 Å². The third-order valence-corrected chi connectivity index (χ3v) is 6.59. The Morgan fingerprint density at radius 3 is 2.39 bits per heavy atom. The molecule has 0 heterocycles. The van der Waals surface area contributed by atoms with Crippen LogP contribution in [-0.2, 0) is 6.61 Å². The van der Waals surface area contributed by atoms with Crippen LogP contribution in [0, 0.1) is 0 Å². The largest absolute Gasteiger partial charge is 0.489 e. The van der Waals surface area contributed by atoms with Crippen LogP contribution in [0.2, 0.25) is 5.02 Å². The Bertz CT molecular complexity index is 1070. The van der Waals surface area contributed by atoms with Crippen molar-refractivity contribution in [2.45, 2.75) is 64.5 Å². The Morgan fingerprint density at radius 2 is 1.70 bits per heavy atom. The first-order valence-corrected chi connectivity index (χ1v) is 12.3. The van der Waals surface area contributed by atoms with Crippen molar-refractivity contribution < 1.29 is 9.53 Å². The lowest BCUT2D eigenvalue weighted by Crippen LogP contribution is -2.37. The number of hydrogen-bond acceptors (Lipinski definition) is 2. The zero-order valence-electron chi connectivity index (χ0n) is 19.5. The average molecular weight is 462 g/mol. The third-order valence-electron chi connectivity index (χ3n) is 6.36. The molecule has 0 atom stereocenters. The first kappa shape index (κ1) is 23.4. The SMILES string of the molecule is CC(C)N(C(=O)c1cccc(COc2ccc(C3CCCCC3)cc2)c1)c1cccc(Cl)c1. The molecule has 33 heavy (non-hydrogen) atoms. The molecule has 3 nitrogen and oxygen atoms in total. The van der Waals surface area contributed by atoms with Crippen molar-refractivity contribution in [1.29, 1.82) is 0 Å². The Morgan fingerprint density at radius 1 is 0.970 bits per heavy atom. The summed E-state index contributed by atoms with van der Waals surface area (Å²) < 4.78 is 6.04. The fourth-order valence-electron chi connectivity index (χ4n) is 4.65. The van der Waals surface area contributed by atoms with Gasteiger partial charge in [0.1, 0.15) is 12.4 Å². The number of carbonyl (C=O) groups excluding carboxylic acids is 1. The molecule has 0 aliphatic heterocycles. The average Bonchev–Trinajstić information content (AvgIpc) is 2.84. The number of halogens is 1. The number of anilines is 1. The molecule has 1 saturated carbocycles. The molecule has 4 rings (SSSR count). The molecule has 0 saturated heterocycles. The third kappa shape index (κ3) is 5.97. The van der Waals surface area contributed by atoms with Gasteiger partial charge in [-0.25, -0.2) is 0 Å². The van der Waals surface area contributed by atoms with Gasteiger partial charge in [0, 0.05) is 22.3 Å². The molecule has 0 bridgehead atoms. The molecule has 1 fully saturated rings. The quantitative estimate of drug-likeness (QED) is 0.356. The normalized spacial score (nSPS) is 14.3. The first-order valence-electron chi connectivity index (χ1n) is 11.9. The van der Waals surface area contributed by atoms with Gasteiger partial charge in [-0.05, 0) is 86.2 Å². The smallest absolute Gasteiger partial charge is 0.258 e. The van der Waals surface area contributed by atoms with E-state index in [4.69, 9.17) is 16.3 Å². The molecule has 0 aromatic heterocycles. The van der Waals surface area contributed by atoms with Crippen LogP contribution >= 0.6 is 11.6 Å². The van der Waals surface area contributed by atoms with Crippen molar-refractivity contribution in [2.24, 2.45) is 0 Å². The van der Waals surface area contributed by atoms with Crippen molar-refractivity contribution in [2.75, 3.05) is 4.90 Å². The van der Waals surface area contributed by atoms with Crippen LogP contribution in [0.4, 0.5) is 5.69 Å². The lowest BCUT2D eigenvalue weighted by atomic mass is 9.84. The van der Waals surface area contributed by atoms with Crippen molar-refractivity contribution >= 4 is 23.2 Å². The van der Waals surface area contributed by atoms with E-state index >= 15 is 0 Å². The molecule has 0 radical (unpaired) electrons. The number of nitrogens with zero attached hydrogens (tertiary/aromatic N) is 1. The monoisotopic (exact) mass is 461 g/mol. The zero-order chi connectivity index (χ0) is 23.2. The highest BCUT2D eigenvalue weighted by Crippen LogP contribution is 2.33. The number of rotatable bonds is 7. The fraction of sp³-hybridized carbons (Fsp3) is 0.345. The van der Waals surface area contributed by atoms with E-state index < -0.39 is 0 Å². The van der Waals surface area contributed by atoms with Crippen molar-refractivity contribution in [3.05, 3.63) is 94.5 Å². The lowest BCUT2D eigenvalue weighted by Gasteiger charge is -2.27. The minimum atomic E-state index is -0.0500. The molecule has 4 heteroatoms. The minimum absolute atomic E-state index is 0.00134. The summed E-state index contributed by atoms with van der Waals surface area (Å²) >= 11 is 6.17. The van der Waals surface area contributed by atoms with E-state index in [9.17, 15) is 4.79 Å². The Hall–Kier alpha value is -2.78. The topological polar surface area (TPSA) is 29.5 Å². The van der Waals surface area contributed by atoms with E-state index in [1.54, 1.807) is 4.90 Å². The summed E-state index contributed by atoms with van der Waals surface area (Å²) in [5, 5.41) is 0.614. The molecule has 3 aromatic carbocycles. The number of hydrogen-bond donors (Lipinski definition) is 0. The second-order valence-electron chi connectivity index (χ2n) is 9.14. The maximum atomic E-state index is 13.4. The molecular formula is C29H32ClNO2. The van der Waals surface area contributed by atoms with Gasteiger partial charge in [-0.2, -0.15) is 0 Å². The van der Waals surface area contributed by atoms with E-state index in [-0.39, 0.29) is 11.9 Å². The van der Waals surface area contributed by atoms with E-state index in [0.717, 1.165) is 17.0 Å². The van der Waals surface area contributed by atoms with Crippen LogP contribution in [0.1, 0.15) is 73.4 Å². The molecule has 1 aliphatic carbocycles. The molecular weight excluding hydrogens is 430 g/mol. The van der Waals surface area contributed by atoms with Gasteiger partial charge in [0.2, 0.25) is 0 Å². The minimum Gasteiger partial charge on any atom is -0.489 e. The molecule has 1 aliphatic rings. The highest BCUT2D eigenvalue weighted by Gasteiger charge is 2.21. The van der Waals surface area contributed by atoms with E-state index in [1.807, 2.05) is 62.4 Å². The highest BCUT2D eigenvalue weighted by molar-refractivity contribution is 6.31. The lowest BCUT2D eigenvalue weighted by molar-refractivity contribution is 0.0980. The van der Waals surface area contributed by atoms with Crippen molar-refractivity contribution in [1.82, 2.24) is 0 Å². The molecule has 3 aromatic rings. The van der Waals surface area contributed by atoms with Gasteiger partial charge < -0.3 is 9.64 Å². The number of ether oxygens (including phenoxy) is 1. The summed E-state index contributed by atoms with van der Waals surface area (Å²) in [5.41, 5.74) is 3.82. The van der Waals surface area contributed by atoms with Gasteiger partial charge in [-0.15, -0.1) is 0 Å². The van der Waals surface area contributed by atoms with Crippen LogP contribution in [0.15, 0.2) is 72.8 Å². The summed E-state index contributed by atoms with van der Waals surface area (Å²) in [5.74, 6) is 1.50. The van der Waals surface area contributed by atoms with Gasteiger partial charge in [-0.3, -0.25) is 4.79 Å². The number of carbonyl (C=O) groups is 1. The molecule has 0 N–H and O–H groups in total. The number of amides is 1. The van der Waals surface area contributed by atoms with Gasteiger partial charge in [-0.1, -0.05) is 61.2 Å². The van der Waals surface area contributed by atoms with Gasteiger partial charge in [0.25, 0.3) is 5.91 Å². The molecule has 172 valence electrons. The molecule has 1 amide bonds. The second kappa shape index (κ2) is 10.9. The fourth-order valence-corrected chi connectivity index (χ4v) is 4.83. The van der Waals surface area contributed by atoms with Gasteiger partial charge in [0.15, 0.2) is 0 Å². The van der Waals surface area contributed by atoms with Crippen LogP contribution in [-0.4, -0.2) is 11.9 Å². The predicted molar refractivity (Wildman–Crippen MR) is 136 cm³/mol. The zero-order valence-corrected chi connectivity index (χ0v) is 20.2. The van der Waals surface area contributed by atoms with Gasteiger partial charge in [0.05, 0.1) is 0 Å². The summed E-state index contributed by atoms with van der Waals surface area (Å²) in [6.45, 7) is 4.42. The molecule has 0 spiro atoms. The van der Waals surface area contributed by atoms with E-state index in [1.165, 1.54) is 37.7 Å². The van der Waals surface area contributed by atoms with Crippen molar-refractivity contribution in [3.63, 3.8) is 0 Å². The van der Waals surface area contributed by atoms with Crippen molar-refractivity contribution in [3.8, 4) is 5.75 Å². The predicted octanol–water partition coefficient (Wildman–Crippen LogP) is 8.02. The first-order chi connectivity index (χ1) is 16.0. The van der Waals surface area contributed by atoms with Crippen LogP contribution in [0.25, 0.3) is 0 Å². The summed E-state index contributed by atoms with van der Waals surface area (Å²) in [4.78, 5) is 15.1. The summed E-state index contributed by atoms with van der Waals surface area (Å²) in [6.07, 6.45) is 6.63. The maximum absolute atomic E-state index is 13.4. The standard InChI is InChI=1S/C29H32ClNO2/c1-21(2)31(27-13-7-12-26(30)19-27)29(32)25-11-6-8-22(18-25)20-33-28-16-14-24(15-17-28)23-9-4-3-5-10-23/h6-8,11-19,21,23H,3-5,9-10,20H2,1-2H3. The number of benzene rings is 3. The van der Waals surface area contributed by atoms with Crippen LogP contribution in [0.5, 0.6) is 5.75 Å². The van der Waals surface area contributed by atoms with Crippen LogP contribution < -0.4 is 9.64 Å².